The lowest BCUT2D eigenvalue weighted by molar-refractivity contribution is 0.0952. The van der Waals surface area contributed by atoms with E-state index in [9.17, 15) is 4.79 Å². The van der Waals surface area contributed by atoms with Gasteiger partial charge in [0.2, 0.25) is 0 Å². The zero-order valence-corrected chi connectivity index (χ0v) is 13.1. The molecule has 5 heteroatoms. The summed E-state index contributed by atoms with van der Waals surface area (Å²) in [6.07, 6.45) is 1.69. The van der Waals surface area contributed by atoms with E-state index >= 15 is 0 Å². The minimum atomic E-state index is -0.100. The lowest BCUT2D eigenvalue weighted by Crippen LogP contribution is -2.26. The first-order chi connectivity index (χ1) is 8.04. The van der Waals surface area contributed by atoms with Gasteiger partial charge in [0, 0.05) is 20.5 Å². The van der Waals surface area contributed by atoms with Crippen LogP contribution in [0.2, 0.25) is 5.02 Å². The van der Waals surface area contributed by atoms with Gasteiger partial charge in [0.1, 0.15) is 0 Å². The van der Waals surface area contributed by atoms with E-state index in [1.807, 2.05) is 13.0 Å². The zero-order valence-electron chi connectivity index (χ0n) is 9.47. The maximum atomic E-state index is 11.9. The van der Waals surface area contributed by atoms with Crippen LogP contribution in [-0.4, -0.2) is 17.8 Å². The molecule has 0 bridgehead atoms. The van der Waals surface area contributed by atoms with Crippen LogP contribution in [0.3, 0.4) is 0 Å². The highest BCUT2D eigenvalue weighted by atomic mass is 127. The molecule has 94 valence electrons. The molecule has 0 saturated heterocycles. The van der Waals surface area contributed by atoms with E-state index in [2.05, 4.69) is 27.9 Å². The molecule has 0 aromatic heterocycles. The summed E-state index contributed by atoms with van der Waals surface area (Å²) in [5, 5.41) is 3.53. The summed E-state index contributed by atoms with van der Waals surface area (Å²) in [5.41, 5.74) is 0.612. The molecule has 0 spiro atoms. The van der Waals surface area contributed by atoms with E-state index in [0.717, 1.165) is 16.4 Å². The average Bonchev–Trinajstić information content (AvgIpc) is 2.31. The van der Waals surface area contributed by atoms with Crippen molar-refractivity contribution in [3.05, 3.63) is 32.4 Å². The van der Waals surface area contributed by atoms with Crippen LogP contribution in [0.1, 0.15) is 30.1 Å². The molecule has 0 aliphatic heterocycles. The first-order valence-electron chi connectivity index (χ1n) is 5.42. The molecule has 0 fully saturated rings. The van der Waals surface area contributed by atoms with Gasteiger partial charge in [-0.3, -0.25) is 4.79 Å². The SMILES string of the molecule is CCC(Cl)CCNC(=O)c1cc(Cl)ccc1I. The molecule has 0 aliphatic carbocycles. The fourth-order valence-electron chi connectivity index (χ4n) is 1.31. The van der Waals surface area contributed by atoms with Crippen molar-refractivity contribution in [3.8, 4) is 0 Å². The molecule has 1 N–H and O–H groups in total. The Kier molecular flexibility index (Phi) is 6.59. The van der Waals surface area contributed by atoms with Gasteiger partial charge in [-0.05, 0) is 53.6 Å². The van der Waals surface area contributed by atoms with Gasteiger partial charge in [-0.15, -0.1) is 11.6 Å². The summed E-state index contributed by atoms with van der Waals surface area (Å²) in [6.45, 7) is 2.61. The largest absolute Gasteiger partial charge is 0.352 e. The van der Waals surface area contributed by atoms with Crippen molar-refractivity contribution in [3.63, 3.8) is 0 Å². The van der Waals surface area contributed by atoms with Gasteiger partial charge in [0.25, 0.3) is 5.91 Å². The fourth-order valence-corrected chi connectivity index (χ4v) is 2.17. The van der Waals surface area contributed by atoms with Crippen molar-refractivity contribution < 1.29 is 4.79 Å². The summed E-state index contributed by atoms with van der Waals surface area (Å²) < 4.78 is 0.891. The van der Waals surface area contributed by atoms with Gasteiger partial charge in [-0.1, -0.05) is 18.5 Å². The van der Waals surface area contributed by atoms with E-state index in [1.54, 1.807) is 12.1 Å². The number of hydrogen-bond donors (Lipinski definition) is 1. The normalized spacial score (nSPS) is 12.2. The van der Waals surface area contributed by atoms with Crippen molar-refractivity contribution in [2.75, 3.05) is 6.54 Å². The third kappa shape index (κ3) is 5.02. The van der Waals surface area contributed by atoms with E-state index in [0.29, 0.717) is 17.1 Å². The number of halogens is 3. The van der Waals surface area contributed by atoms with Crippen molar-refractivity contribution in [2.45, 2.75) is 25.1 Å². The zero-order chi connectivity index (χ0) is 12.8. The Balaban J connectivity index is 2.55. The topological polar surface area (TPSA) is 29.1 Å². The van der Waals surface area contributed by atoms with Crippen LogP contribution in [-0.2, 0) is 0 Å². The third-order valence-electron chi connectivity index (χ3n) is 2.36. The highest BCUT2D eigenvalue weighted by Crippen LogP contribution is 2.17. The van der Waals surface area contributed by atoms with Gasteiger partial charge in [-0.25, -0.2) is 0 Å². The number of amides is 1. The summed E-state index contributed by atoms with van der Waals surface area (Å²) in [5.74, 6) is -0.100. The van der Waals surface area contributed by atoms with Crippen LogP contribution in [0, 0.1) is 3.57 Å². The number of carbonyl (C=O) groups is 1. The number of alkyl halides is 1. The summed E-state index contributed by atoms with van der Waals surface area (Å²) in [7, 11) is 0. The van der Waals surface area contributed by atoms with Crippen molar-refractivity contribution in [1.29, 1.82) is 0 Å². The number of hydrogen-bond acceptors (Lipinski definition) is 1. The molecule has 0 aliphatic rings. The average molecular weight is 386 g/mol. The summed E-state index contributed by atoms with van der Waals surface area (Å²) in [6, 6.07) is 5.27. The van der Waals surface area contributed by atoms with Crippen LogP contribution in [0.5, 0.6) is 0 Å². The van der Waals surface area contributed by atoms with Gasteiger partial charge in [0.05, 0.1) is 5.56 Å². The molecule has 0 saturated carbocycles. The molecule has 1 atom stereocenters. The van der Waals surface area contributed by atoms with Crippen LogP contribution in [0.15, 0.2) is 18.2 Å². The second-order valence-electron chi connectivity index (χ2n) is 3.67. The number of carbonyl (C=O) groups excluding carboxylic acids is 1. The van der Waals surface area contributed by atoms with Crippen molar-refractivity contribution in [1.82, 2.24) is 5.32 Å². The summed E-state index contributed by atoms with van der Waals surface area (Å²) in [4.78, 5) is 11.9. The summed E-state index contributed by atoms with van der Waals surface area (Å²) >= 11 is 14.0. The Morgan fingerprint density at radius 2 is 2.24 bits per heavy atom. The number of rotatable bonds is 5. The van der Waals surface area contributed by atoms with E-state index in [4.69, 9.17) is 23.2 Å². The van der Waals surface area contributed by atoms with E-state index in [1.165, 1.54) is 0 Å². The highest BCUT2D eigenvalue weighted by molar-refractivity contribution is 14.1. The van der Waals surface area contributed by atoms with Crippen LogP contribution in [0.25, 0.3) is 0 Å². The van der Waals surface area contributed by atoms with Gasteiger partial charge in [0.15, 0.2) is 0 Å². The second-order valence-corrected chi connectivity index (χ2v) is 5.89. The van der Waals surface area contributed by atoms with Gasteiger partial charge in [-0.2, -0.15) is 0 Å². The number of nitrogens with one attached hydrogen (secondary N) is 1. The standard InChI is InChI=1S/C12H14Cl2INO/c1-2-8(13)5-6-16-12(17)10-7-9(14)3-4-11(10)15/h3-4,7-8H,2,5-6H2,1H3,(H,16,17). The maximum Gasteiger partial charge on any atom is 0.252 e. The molecule has 1 aromatic rings. The Morgan fingerprint density at radius 1 is 1.53 bits per heavy atom. The van der Waals surface area contributed by atoms with Gasteiger partial charge >= 0.3 is 0 Å². The van der Waals surface area contributed by atoms with E-state index < -0.39 is 0 Å². The monoisotopic (exact) mass is 385 g/mol. The Labute approximate surface area is 125 Å². The minimum absolute atomic E-state index is 0.100. The fraction of sp³-hybridized carbons (Fsp3) is 0.417. The first kappa shape index (κ1) is 15.1. The maximum absolute atomic E-state index is 11.9. The molecule has 2 nitrogen and oxygen atoms in total. The molecule has 17 heavy (non-hydrogen) atoms. The molecular formula is C12H14Cl2INO. The Bertz CT molecular complexity index is 398. The van der Waals surface area contributed by atoms with Crippen LogP contribution >= 0.6 is 45.8 Å². The van der Waals surface area contributed by atoms with Crippen molar-refractivity contribution in [2.24, 2.45) is 0 Å². The molecule has 0 heterocycles. The van der Waals surface area contributed by atoms with E-state index in [-0.39, 0.29) is 11.3 Å². The lowest BCUT2D eigenvalue weighted by Gasteiger charge is -2.09. The molecular weight excluding hydrogens is 372 g/mol. The third-order valence-corrected chi connectivity index (χ3v) is 4.06. The first-order valence-corrected chi connectivity index (χ1v) is 7.31. The van der Waals surface area contributed by atoms with Crippen LogP contribution in [0.4, 0.5) is 0 Å². The Morgan fingerprint density at radius 3 is 2.88 bits per heavy atom. The highest BCUT2D eigenvalue weighted by Gasteiger charge is 2.10. The van der Waals surface area contributed by atoms with Crippen LogP contribution < -0.4 is 5.32 Å². The molecule has 1 rings (SSSR count). The Hall–Kier alpha value is -0.000000000000000111. The van der Waals surface area contributed by atoms with Crippen molar-refractivity contribution >= 4 is 51.7 Å². The predicted octanol–water partition coefficient (Wildman–Crippen LogP) is 4.08. The quantitative estimate of drug-likeness (QED) is 0.600. The predicted molar refractivity (Wildman–Crippen MR) is 81.1 cm³/mol. The number of benzene rings is 1. The molecule has 0 radical (unpaired) electrons. The lowest BCUT2D eigenvalue weighted by atomic mass is 10.2. The minimum Gasteiger partial charge on any atom is -0.352 e. The molecule has 1 unspecified atom stereocenters. The molecule has 1 aromatic carbocycles. The second kappa shape index (κ2) is 7.44. The smallest absolute Gasteiger partial charge is 0.252 e. The molecule has 1 amide bonds. The van der Waals surface area contributed by atoms with Gasteiger partial charge < -0.3 is 5.32 Å².